The summed E-state index contributed by atoms with van der Waals surface area (Å²) in [5, 5.41) is 3.28. The molecule has 0 bridgehead atoms. The van der Waals surface area contributed by atoms with E-state index in [1.807, 2.05) is 17.0 Å². The van der Waals surface area contributed by atoms with E-state index in [2.05, 4.69) is 29.3 Å². The van der Waals surface area contributed by atoms with Crippen LogP contribution in [-0.4, -0.2) is 43.2 Å². The molecule has 2 aliphatic heterocycles. The second-order valence-electron chi connectivity index (χ2n) is 4.78. The number of benzene rings is 1. The van der Waals surface area contributed by atoms with Crippen molar-refractivity contribution in [2.75, 3.05) is 31.2 Å². The van der Waals surface area contributed by atoms with Gasteiger partial charge in [0.1, 0.15) is 6.04 Å². The van der Waals surface area contributed by atoms with Crippen LogP contribution in [0.15, 0.2) is 24.3 Å². The number of aryl methyl sites for hydroxylation is 1. The minimum absolute atomic E-state index is 0.0317. The molecule has 1 aromatic carbocycles. The summed E-state index contributed by atoms with van der Waals surface area (Å²) in [7, 11) is 0. The number of carbonyl (C=O) groups is 1. The van der Waals surface area contributed by atoms with Crippen molar-refractivity contribution in [3.8, 4) is 0 Å². The molecule has 4 nitrogen and oxygen atoms in total. The van der Waals surface area contributed by atoms with Crippen LogP contribution in [0.25, 0.3) is 0 Å². The molecule has 17 heavy (non-hydrogen) atoms. The van der Waals surface area contributed by atoms with Gasteiger partial charge in [0.15, 0.2) is 0 Å². The van der Waals surface area contributed by atoms with Crippen LogP contribution in [0.2, 0.25) is 0 Å². The van der Waals surface area contributed by atoms with Crippen molar-refractivity contribution >= 4 is 11.6 Å². The lowest BCUT2D eigenvalue weighted by Gasteiger charge is -2.26. The molecular formula is C13H17N3O. The number of piperazine rings is 1. The van der Waals surface area contributed by atoms with Crippen molar-refractivity contribution in [2.45, 2.75) is 13.0 Å². The molecular weight excluding hydrogens is 214 g/mol. The molecule has 0 spiro atoms. The van der Waals surface area contributed by atoms with E-state index in [-0.39, 0.29) is 11.9 Å². The van der Waals surface area contributed by atoms with Crippen LogP contribution >= 0.6 is 0 Å². The second kappa shape index (κ2) is 4.13. The Labute approximate surface area is 101 Å². The Kier molecular flexibility index (Phi) is 2.61. The smallest absolute Gasteiger partial charge is 0.246 e. The van der Waals surface area contributed by atoms with Crippen LogP contribution < -0.4 is 10.2 Å². The van der Waals surface area contributed by atoms with Gasteiger partial charge in [0, 0.05) is 25.3 Å². The normalized spacial score (nSPS) is 25.1. The average molecular weight is 231 g/mol. The fourth-order valence-corrected chi connectivity index (χ4v) is 2.60. The Morgan fingerprint density at radius 1 is 1.41 bits per heavy atom. The third-order valence-electron chi connectivity index (χ3n) is 3.54. The third kappa shape index (κ3) is 1.83. The molecule has 1 N–H and O–H groups in total. The second-order valence-corrected chi connectivity index (χ2v) is 4.78. The molecule has 1 amide bonds. The molecule has 2 fully saturated rings. The average Bonchev–Trinajstić information content (AvgIpc) is 2.68. The minimum atomic E-state index is 0.0317. The highest BCUT2D eigenvalue weighted by Crippen LogP contribution is 2.24. The van der Waals surface area contributed by atoms with E-state index >= 15 is 0 Å². The zero-order chi connectivity index (χ0) is 11.8. The van der Waals surface area contributed by atoms with E-state index in [1.54, 1.807) is 0 Å². The maximum absolute atomic E-state index is 12.3. The molecule has 0 aromatic heterocycles. The highest BCUT2D eigenvalue weighted by molar-refractivity contribution is 5.99. The van der Waals surface area contributed by atoms with Gasteiger partial charge in [0.05, 0.1) is 6.67 Å². The van der Waals surface area contributed by atoms with Gasteiger partial charge in [0.25, 0.3) is 0 Å². The van der Waals surface area contributed by atoms with Crippen LogP contribution in [0.5, 0.6) is 0 Å². The first-order chi connectivity index (χ1) is 8.25. The molecule has 2 aliphatic rings. The maximum atomic E-state index is 12.3. The monoisotopic (exact) mass is 231 g/mol. The van der Waals surface area contributed by atoms with E-state index in [9.17, 15) is 4.79 Å². The first-order valence-electron chi connectivity index (χ1n) is 6.08. The first kappa shape index (κ1) is 10.7. The summed E-state index contributed by atoms with van der Waals surface area (Å²) in [5.74, 6) is 0.225. The molecule has 0 radical (unpaired) electrons. The van der Waals surface area contributed by atoms with Gasteiger partial charge >= 0.3 is 0 Å². The highest BCUT2D eigenvalue weighted by atomic mass is 16.2. The van der Waals surface area contributed by atoms with E-state index in [0.29, 0.717) is 0 Å². The van der Waals surface area contributed by atoms with Crippen LogP contribution in [-0.2, 0) is 4.79 Å². The number of carbonyl (C=O) groups excluding carboxylic acids is 1. The molecule has 0 saturated carbocycles. The summed E-state index contributed by atoms with van der Waals surface area (Å²) in [6.07, 6.45) is 0. The lowest BCUT2D eigenvalue weighted by molar-refractivity contribution is -0.119. The summed E-state index contributed by atoms with van der Waals surface area (Å²) in [4.78, 5) is 16.4. The summed E-state index contributed by atoms with van der Waals surface area (Å²) in [6, 6.07) is 8.18. The van der Waals surface area contributed by atoms with Gasteiger partial charge in [-0.3, -0.25) is 14.6 Å². The largest absolute Gasteiger partial charge is 0.313 e. The number of amides is 1. The Hall–Kier alpha value is -1.39. The Morgan fingerprint density at radius 2 is 2.29 bits per heavy atom. The fraction of sp³-hybridized carbons (Fsp3) is 0.462. The summed E-state index contributed by atoms with van der Waals surface area (Å²) in [6.45, 7) is 5.50. The molecule has 2 heterocycles. The lowest BCUT2D eigenvalue weighted by Crippen LogP contribution is -2.50. The summed E-state index contributed by atoms with van der Waals surface area (Å²) in [5.41, 5.74) is 2.21. The first-order valence-corrected chi connectivity index (χ1v) is 6.08. The van der Waals surface area contributed by atoms with Crippen molar-refractivity contribution in [2.24, 2.45) is 0 Å². The van der Waals surface area contributed by atoms with Gasteiger partial charge in [-0.15, -0.1) is 0 Å². The van der Waals surface area contributed by atoms with Crippen molar-refractivity contribution < 1.29 is 4.79 Å². The van der Waals surface area contributed by atoms with Crippen molar-refractivity contribution in [1.82, 2.24) is 10.2 Å². The van der Waals surface area contributed by atoms with Crippen LogP contribution in [0.1, 0.15) is 5.56 Å². The van der Waals surface area contributed by atoms with Gasteiger partial charge in [-0.25, -0.2) is 0 Å². The number of nitrogens with zero attached hydrogens (tertiary/aromatic N) is 2. The van der Waals surface area contributed by atoms with Gasteiger partial charge in [-0.2, -0.15) is 0 Å². The van der Waals surface area contributed by atoms with Crippen molar-refractivity contribution in [3.63, 3.8) is 0 Å². The van der Waals surface area contributed by atoms with E-state index in [4.69, 9.17) is 0 Å². The zero-order valence-corrected chi connectivity index (χ0v) is 10.0. The summed E-state index contributed by atoms with van der Waals surface area (Å²) >= 11 is 0. The molecule has 2 saturated heterocycles. The van der Waals surface area contributed by atoms with Gasteiger partial charge in [0.2, 0.25) is 5.91 Å². The van der Waals surface area contributed by atoms with E-state index < -0.39 is 0 Å². The van der Waals surface area contributed by atoms with Crippen molar-refractivity contribution in [1.29, 1.82) is 0 Å². The minimum Gasteiger partial charge on any atom is -0.313 e. The standard InChI is InChI=1S/C13H17N3O/c1-10-3-2-4-11(7-10)16-9-15-6-5-14-8-12(15)13(16)17/h2-4,7,12,14H,5-6,8-9H2,1H3. The van der Waals surface area contributed by atoms with Gasteiger partial charge < -0.3 is 5.32 Å². The predicted octanol–water partition coefficient (Wildman–Crippen LogP) is 0.573. The van der Waals surface area contributed by atoms with Gasteiger partial charge in [-0.1, -0.05) is 12.1 Å². The lowest BCUT2D eigenvalue weighted by atomic mass is 10.2. The highest BCUT2D eigenvalue weighted by Gasteiger charge is 2.39. The molecule has 1 unspecified atom stereocenters. The number of hydrogen-bond acceptors (Lipinski definition) is 3. The number of nitrogens with one attached hydrogen (secondary N) is 1. The Balaban J connectivity index is 1.87. The SMILES string of the molecule is Cc1cccc(N2CN3CCNCC3C2=O)c1. The third-order valence-corrected chi connectivity index (χ3v) is 3.54. The Morgan fingerprint density at radius 3 is 3.06 bits per heavy atom. The summed E-state index contributed by atoms with van der Waals surface area (Å²) < 4.78 is 0. The topological polar surface area (TPSA) is 35.6 Å². The van der Waals surface area contributed by atoms with Crippen molar-refractivity contribution in [3.05, 3.63) is 29.8 Å². The van der Waals surface area contributed by atoms with E-state index in [1.165, 1.54) is 5.56 Å². The molecule has 0 aliphatic carbocycles. The molecule has 1 aromatic rings. The van der Waals surface area contributed by atoms with Gasteiger partial charge in [-0.05, 0) is 24.6 Å². The quantitative estimate of drug-likeness (QED) is 0.767. The number of hydrogen-bond donors (Lipinski definition) is 1. The molecule has 4 heteroatoms. The van der Waals surface area contributed by atoms with Crippen LogP contribution in [0.3, 0.4) is 0 Å². The maximum Gasteiger partial charge on any atom is 0.246 e. The molecule has 90 valence electrons. The predicted molar refractivity (Wildman–Crippen MR) is 66.9 cm³/mol. The number of fused-ring (bicyclic) bond motifs is 1. The zero-order valence-electron chi connectivity index (χ0n) is 10.0. The Bertz CT molecular complexity index is 446. The molecule has 1 atom stereocenters. The van der Waals surface area contributed by atoms with E-state index in [0.717, 1.165) is 32.0 Å². The van der Waals surface area contributed by atoms with Crippen LogP contribution in [0, 0.1) is 6.92 Å². The van der Waals surface area contributed by atoms with Crippen LogP contribution in [0.4, 0.5) is 5.69 Å². The molecule has 3 rings (SSSR count). The number of rotatable bonds is 1. The fourth-order valence-electron chi connectivity index (χ4n) is 2.60. The number of anilines is 1.